The van der Waals surface area contributed by atoms with Crippen molar-refractivity contribution in [2.24, 2.45) is 21.7 Å². The zero-order valence-electron chi connectivity index (χ0n) is 14.3. The molecule has 1 nitrogen and oxygen atoms in total. The molecule has 0 spiro atoms. The first-order valence-corrected chi connectivity index (χ1v) is 7.33. The van der Waals surface area contributed by atoms with Crippen LogP contribution in [0.4, 0.5) is 0 Å². The minimum atomic E-state index is -0.294. The van der Waals surface area contributed by atoms with Crippen molar-refractivity contribution in [2.75, 3.05) is 0 Å². The van der Waals surface area contributed by atoms with E-state index in [1.165, 1.54) is 0 Å². The Kier molecular flexibility index (Phi) is 4.89. The molecule has 0 aliphatic rings. The predicted molar refractivity (Wildman–Crippen MR) is 80.7 cm³/mol. The molecule has 0 bridgehead atoms. The lowest BCUT2D eigenvalue weighted by Crippen LogP contribution is -2.51. The molecule has 0 rings (SSSR count). The molecular formula is C17H34O. The van der Waals surface area contributed by atoms with E-state index in [-0.39, 0.29) is 21.7 Å². The highest BCUT2D eigenvalue weighted by molar-refractivity contribution is 5.90. The summed E-state index contributed by atoms with van der Waals surface area (Å²) in [4.78, 5) is 13.1. The van der Waals surface area contributed by atoms with Gasteiger partial charge in [-0.2, -0.15) is 0 Å². The lowest BCUT2D eigenvalue weighted by atomic mass is 9.53. The van der Waals surface area contributed by atoms with Crippen LogP contribution >= 0.6 is 0 Å². The van der Waals surface area contributed by atoms with Crippen molar-refractivity contribution in [2.45, 2.75) is 82.1 Å². The zero-order chi connectivity index (χ0) is 15.0. The molecule has 0 atom stereocenters. The summed E-state index contributed by atoms with van der Waals surface area (Å²) in [6.07, 6.45) is 2.04. The monoisotopic (exact) mass is 254 g/mol. The summed E-state index contributed by atoms with van der Waals surface area (Å²) in [7, 11) is 0. The van der Waals surface area contributed by atoms with Gasteiger partial charge in [0.15, 0.2) is 0 Å². The number of carbonyl (C=O) groups is 1. The quantitative estimate of drug-likeness (QED) is 0.613. The molecule has 0 unspecified atom stereocenters. The van der Waals surface area contributed by atoms with Gasteiger partial charge in [-0.05, 0) is 10.8 Å². The molecule has 0 aliphatic heterocycles. The van der Waals surface area contributed by atoms with Crippen molar-refractivity contribution in [1.29, 1.82) is 0 Å². The maximum absolute atomic E-state index is 13.1. The summed E-state index contributed by atoms with van der Waals surface area (Å²) in [5.74, 6) is 0.397. The standard InChI is InChI=1S/C17H34O/c1-11-14(3,4)16(7,8)13(18)17(9,10)15(5,6)12-2/h11-12H2,1-10H3. The summed E-state index contributed by atoms with van der Waals surface area (Å²) < 4.78 is 0. The van der Waals surface area contributed by atoms with E-state index >= 15 is 0 Å². The lowest BCUT2D eigenvalue weighted by molar-refractivity contribution is -0.149. The van der Waals surface area contributed by atoms with Gasteiger partial charge in [0.1, 0.15) is 5.78 Å². The normalized spacial score (nSPS) is 14.8. The van der Waals surface area contributed by atoms with Crippen LogP contribution in [0, 0.1) is 21.7 Å². The fraction of sp³-hybridized carbons (Fsp3) is 0.941. The third kappa shape index (κ3) is 2.65. The van der Waals surface area contributed by atoms with Gasteiger partial charge in [0, 0.05) is 10.8 Å². The highest BCUT2D eigenvalue weighted by Gasteiger charge is 2.51. The van der Waals surface area contributed by atoms with Gasteiger partial charge in [0.05, 0.1) is 0 Å². The molecule has 0 fully saturated rings. The number of hydrogen-bond acceptors (Lipinski definition) is 1. The van der Waals surface area contributed by atoms with Crippen molar-refractivity contribution >= 4 is 5.78 Å². The highest BCUT2D eigenvalue weighted by atomic mass is 16.1. The van der Waals surface area contributed by atoms with Crippen molar-refractivity contribution in [3.63, 3.8) is 0 Å². The van der Waals surface area contributed by atoms with Gasteiger partial charge in [-0.15, -0.1) is 0 Å². The molecule has 0 radical (unpaired) electrons. The van der Waals surface area contributed by atoms with Crippen LogP contribution in [0.25, 0.3) is 0 Å². The van der Waals surface area contributed by atoms with Crippen LogP contribution in [0.1, 0.15) is 82.1 Å². The van der Waals surface area contributed by atoms with Crippen molar-refractivity contribution in [3.05, 3.63) is 0 Å². The van der Waals surface area contributed by atoms with Gasteiger partial charge < -0.3 is 0 Å². The second kappa shape index (κ2) is 4.98. The molecule has 0 amide bonds. The summed E-state index contributed by atoms with van der Waals surface area (Å²) in [6, 6.07) is 0. The molecule has 0 heterocycles. The average molecular weight is 254 g/mol. The van der Waals surface area contributed by atoms with Crippen molar-refractivity contribution in [3.8, 4) is 0 Å². The van der Waals surface area contributed by atoms with Gasteiger partial charge in [-0.3, -0.25) is 4.79 Å². The van der Waals surface area contributed by atoms with E-state index in [2.05, 4.69) is 69.2 Å². The number of carbonyl (C=O) groups excluding carboxylic acids is 1. The van der Waals surface area contributed by atoms with E-state index in [0.29, 0.717) is 5.78 Å². The first-order chi connectivity index (χ1) is 7.78. The summed E-state index contributed by atoms with van der Waals surface area (Å²) in [5, 5.41) is 0. The van der Waals surface area contributed by atoms with Crippen LogP contribution < -0.4 is 0 Å². The topological polar surface area (TPSA) is 17.1 Å². The Morgan fingerprint density at radius 3 is 1.06 bits per heavy atom. The summed E-state index contributed by atoms with van der Waals surface area (Å²) in [6.45, 7) is 21.6. The van der Waals surface area contributed by atoms with E-state index in [4.69, 9.17) is 0 Å². The summed E-state index contributed by atoms with van der Waals surface area (Å²) in [5.41, 5.74) is -0.522. The van der Waals surface area contributed by atoms with Crippen LogP contribution in [-0.4, -0.2) is 5.78 Å². The van der Waals surface area contributed by atoms with E-state index in [0.717, 1.165) is 12.8 Å². The van der Waals surface area contributed by atoms with Crippen molar-refractivity contribution in [1.82, 2.24) is 0 Å². The minimum absolute atomic E-state index is 0.0329. The van der Waals surface area contributed by atoms with E-state index < -0.39 is 0 Å². The lowest BCUT2D eigenvalue weighted by Gasteiger charge is -2.49. The Morgan fingerprint density at radius 2 is 0.889 bits per heavy atom. The highest BCUT2D eigenvalue weighted by Crippen LogP contribution is 2.51. The van der Waals surface area contributed by atoms with Crippen LogP contribution in [0.3, 0.4) is 0 Å². The maximum Gasteiger partial charge on any atom is 0.145 e. The zero-order valence-corrected chi connectivity index (χ0v) is 14.3. The van der Waals surface area contributed by atoms with Crippen molar-refractivity contribution < 1.29 is 4.79 Å². The molecule has 0 N–H and O–H groups in total. The molecule has 0 aromatic carbocycles. The number of Topliss-reactive ketones (excluding diaryl/α,β-unsaturated/α-hetero) is 1. The number of rotatable bonds is 6. The largest absolute Gasteiger partial charge is 0.298 e. The van der Waals surface area contributed by atoms with Gasteiger partial charge >= 0.3 is 0 Å². The van der Waals surface area contributed by atoms with Crippen LogP contribution in [0.5, 0.6) is 0 Å². The van der Waals surface area contributed by atoms with E-state index in [1.54, 1.807) is 0 Å². The Labute approximate surface area is 115 Å². The van der Waals surface area contributed by atoms with Crippen LogP contribution in [-0.2, 0) is 4.79 Å². The predicted octanol–water partition coefficient (Wildman–Crippen LogP) is 5.48. The fourth-order valence-corrected chi connectivity index (χ4v) is 2.28. The van der Waals surface area contributed by atoms with Gasteiger partial charge in [0.2, 0.25) is 0 Å². The Hall–Kier alpha value is -0.330. The molecular weight excluding hydrogens is 220 g/mol. The van der Waals surface area contributed by atoms with Crippen LogP contribution in [0.2, 0.25) is 0 Å². The SMILES string of the molecule is CCC(C)(C)C(C)(C)C(=O)C(C)(C)C(C)(C)CC. The van der Waals surface area contributed by atoms with E-state index in [9.17, 15) is 4.79 Å². The van der Waals surface area contributed by atoms with Gasteiger partial charge in [-0.1, -0.05) is 82.1 Å². The first kappa shape index (κ1) is 17.7. The number of ketones is 1. The molecule has 0 aliphatic carbocycles. The minimum Gasteiger partial charge on any atom is -0.298 e. The maximum atomic E-state index is 13.1. The Balaban J connectivity index is 5.54. The Bertz CT molecular complexity index is 276. The van der Waals surface area contributed by atoms with Gasteiger partial charge in [0.25, 0.3) is 0 Å². The van der Waals surface area contributed by atoms with Crippen LogP contribution in [0.15, 0.2) is 0 Å². The van der Waals surface area contributed by atoms with E-state index in [1.807, 2.05) is 0 Å². The number of hydrogen-bond donors (Lipinski definition) is 0. The molecule has 108 valence electrons. The smallest absolute Gasteiger partial charge is 0.145 e. The molecule has 18 heavy (non-hydrogen) atoms. The molecule has 1 heteroatoms. The molecule has 0 saturated carbocycles. The van der Waals surface area contributed by atoms with Gasteiger partial charge in [-0.25, -0.2) is 0 Å². The first-order valence-electron chi connectivity index (χ1n) is 7.33. The molecule has 0 saturated heterocycles. The third-order valence-corrected chi connectivity index (χ3v) is 6.29. The third-order valence-electron chi connectivity index (χ3n) is 6.29. The fourth-order valence-electron chi connectivity index (χ4n) is 2.28. The second-order valence-corrected chi connectivity index (χ2v) is 8.05. The summed E-state index contributed by atoms with van der Waals surface area (Å²) >= 11 is 0. The molecule has 0 aromatic heterocycles. The second-order valence-electron chi connectivity index (χ2n) is 8.05. The average Bonchev–Trinajstić information content (AvgIpc) is 2.27. The Morgan fingerprint density at radius 1 is 0.667 bits per heavy atom. The molecule has 0 aromatic rings.